The third-order valence-electron chi connectivity index (χ3n) is 3.76. The Morgan fingerprint density at radius 2 is 1.93 bits per heavy atom. The monoisotopic (exact) mass is 417 g/mol. The minimum Gasteiger partial charge on any atom is -0.497 e. The van der Waals surface area contributed by atoms with E-state index in [4.69, 9.17) is 4.74 Å². The number of sulfonamides is 1. The molecule has 3 rings (SSSR count). The molecular weight excluding hydrogens is 398 g/mol. The van der Waals surface area contributed by atoms with Crippen LogP contribution in [0.5, 0.6) is 5.75 Å². The van der Waals surface area contributed by atoms with Crippen LogP contribution in [0.2, 0.25) is 0 Å². The summed E-state index contributed by atoms with van der Waals surface area (Å²) < 4.78 is 30.2. The highest BCUT2D eigenvalue weighted by atomic mass is 32.2. The summed E-state index contributed by atoms with van der Waals surface area (Å²) >= 11 is 1.39. The lowest BCUT2D eigenvalue weighted by Crippen LogP contribution is -2.23. The Hall–Kier alpha value is -2.91. The topological polar surface area (TPSA) is 97.4 Å². The molecule has 0 bridgehead atoms. The molecule has 1 heterocycles. The summed E-state index contributed by atoms with van der Waals surface area (Å²) in [4.78, 5) is 16.8. The Balaban J connectivity index is 1.64. The van der Waals surface area contributed by atoms with E-state index in [1.807, 2.05) is 24.3 Å². The van der Waals surface area contributed by atoms with Crippen LogP contribution in [0.15, 0.2) is 53.9 Å². The van der Waals surface area contributed by atoms with Gasteiger partial charge >= 0.3 is 0 Å². The first-order chi connectivity index (χ1) is 13.3. The molecule has 0 unspecified atom stereocenters. The maximum atomic E-state index is 12.4. The van der Waals surface area contributed by atoms with Crippen molar-refractivity contribution in [3.8, 4) is 16.3 Å². The molecule has 0 aliphatic heterocycles. The Kier molecular flexibility index (Phi) is 5.96. The standard InChI is InChI=1S/C19H19N3O4S2/c1-26-16-8-6-14(7-9-16)19-21-17(12-27-19)18(23)20-11-13-4-3-5-15(10-13)22-28(2,24)25/h3-10,12,22H,11H2,1-2H3,(H,20,23). The summed E-state index contributed by atoms with van der Waals surface area (Å²) in [6.45, 7) is 0.257. The predicted octanol–water partition coefficient (Wildman–Crippen LogP) is 3.12. The Labute approximate surface area is 167 Å². The fraction of sp³-hybridized carbons (Fsp3) is 0.158. The molecule has 0 atom stereocenters. The molecule has 28 heavy (non-hydrogen) atoms. The Morgan fingerprint density at radius 1 is 1.18 bits per heavy atom. The molecule has 2 aromatic carbocycles. The van der Waals surface area contributed by atoms with E-state index in [-0.39, 0.29) is 12.5 Å². The maximum absolute atomic E-state index is 12.4. The zero-order chi connectivity index (χ0) is 20.1. The van der Waals surface area contributed by atoms with Crippen LogP contribution in [-0.2, 0) is 16.6 Å². The van der Waals surface area contributed by atoms with E-state index in [2.05, 4.69) is 15.0 Å². The number of benzene rings is 2. The number of rotatable bonds is 7. The van der Waals surface area contributed by atoms with Crippen molar-refractivity contribution in [1.29, 1.82) is 0 Å². The van der Waals surface area contributed by atoms with Gasteiger partial charge in [-0.3, -0.25) is 9.52 Å². The van der Waals surface area contributed by atoms with Crippen molar-refractivity contribution < 1.29 is 17.9 Å². The van der Waals surface area contributed by atoms with Crippen LogP contribution in [0.3, 0.4) is 0 Å². The van der Waals surface area contributed by atoms with Gasteiger partial charge in [0, 0.05) is 23.2 Å². The summed E-state index contributed by atoms with van der Waals surface area (Å²) in [7, 11) is -1.75. The minimum absolute atomic E-state index is 0.257. The third-order valence-corrected chi connectivity index (χ3v) is 5.25. The SMILES string of the molecule is COc1ccc(-c2nc(C(=O)NCc3cccc(NS(C)(=O)=O)c3)cs2)cc1. The fourth-order valence-electron chi connectivity index (χ4n) is 2.48. The number of carbonyl (C=O) groups excluding carboxylic acids is 1. The number of anilines is 1. The molecule has 9 heteroatoms. The molecule has 0 saturated heterocycles. The van der Waals surface area contributed by atoms with Crippen LogP contribution in [0.1, 0.15) is 16.1 Å². The zero-order valence-electron chi connectivity index (χ0n) is 15.3. The average molecular weight is 418 g/mol. The smallest absolute Gasteiger partial charge is 0.271 e. The number of methoxy groups -OCH3 is 1. The number of ether oxygens (including phenoxy) is 1. The predicted molar refractivity (Wildman–Crippen MR) is 110 cm³/mol. The minimum atomic E-state index is -3.35. The first kappa shape index (κ1) is 19.8. The lowest BCUT2D eigenvalue weighted by atomic mass is 10.2. The number of hydrogen-bond acceptors (Lipinski definition) is 6. The summed E-state index contributed by atoms with van der Waals surface area (Å²) in [6, 6.07) is 14.3. The lowest BCUT2D eigenvalue weighted by Gasteiger charge is -2.07. The number of thiazole rings is 1. The second-order valence-corrected chi connectivity index (χ2v) is 8.63. The van der Waals surface area contributed by atoms with Crippen molar-refractivity contribution in [2.75, 3.05) is 18.1 Å². The van der Waals surface area contributed by atoms with Crippen LogP contribution in [0.25, 0.3) is 10.6 Å². The third kappa shape index (κ3) is 5.30. The van der Waals surface area contributed by atoms with Gasteiger partial charge in [0.05, 0.1) is 13.4 Å². The van der Waals surface area contributed by atoms with Gasteiger partial charge in [-0.25, -0.2) is 13.4 Å². The molecule has 2 N–H and O–H groups in total. The van der Waals surface area contributed by atoms with E-state index in [1.54, 1.807) is 36.8 Å². The van der Waals surface area contributed by atoms with Crippen LogP contribution < -0.4 is 14.8 Å². The van der Waals surface area contributed by atoms with E-state index in [1.165, 1.54) is 11.3 Å². The van der Waals surface area contributed by atoms with Gasteiger partial charge in [0.1, 0.15) is 16.5 Å². The van der Waals surface area contributed by atoms with Gasteiger partial charge in [-0.1, -0.05) is 12.1 Å². The summed E-state index contributed by atoms with van der Waals surface area (Å²) in [6.07, 6.45) is 1.09. The zero-order valence-corrected chi connectivity index (χ0v) is 16.9. The van der Waals surface area contributed by atoms with Gasteiger partial charge in [-0.05, 0) is 42.0 Å². The molecule has 0 aliphatic carbocycles. The fourth-order valence-corrected chi connectivity index (χ4v) is 3.84. The molecule has 0 fully saturated rings. The molecular formula is C19H19N3O4S2. The molecule has 146 valence electrons. The van der Waals surface area contributed by atoms with Gasteiger partial charge in [-0.2, -0.15) is 0 Å². The van der Waals surface area contributed by atoms with E-state index >= 15 is 0 Å². The van der Waals surface area contributed by atoms with E-state index in [9.17, 15) is 13.2 Å². The number of aromatic nitrogens is 1. The molecule has 1 aromatic heterocycles. The van der Waals surface area contributed by atoms with Gasteiger partial charge in [0.25, 0.3) is 5.91 Å². The van der Waals surface area contributed by atoms with Crippen molar-refractivity contribution in [3.63, 3.8) is 0 Å². The Morgan fingerprint density at radius 3 is 2.61 bits per heavy atom. The van der Waals surface area contributed by atoms with Crippen LogP contribution >= 0.6 is 11.3 Å². The summed E-state index contributed by atoms with van der Waals surface area (Å²) in [5, 5.41) is 5.24. The molecule has 3 aromatic rings. The average Bonchev–Trinajstić information content (AvgIpc) is 3.15. The lowest BCUT2D eigenvalue weighted by molar-refractivity contribution is 0.0946. The number of hydrogen-bond donors (Lipinski definition) is 2. The second-order valence-electron chi connectivity index (χ2n) is 6.02. The number of carbonyl (C=O) groups is 1. The van der Waals surface area contributed by atoms with Crippen molar-refractivity contribution in [3.05, 3.63) is 65.2 Å². The molecule has 1 amide bonds. The number of nitrogens with zero attached hydrogens (tertiary/aromatic N) is 1. The molecule has 0 radical (unpaired) electrons. The maximum Gasteiger partial charge on any atom is 0.271 e. The van der Waals surface area contributed by atoms with Crippen LogP contribution in [0, 0.1) is 0 Å². The number of nitrogens with one attached hydrogen (secondary N) is 2. The van der Waals surface area contributed by atoms with Gasteiger partial charge in [-0.15, -0.1) is 11.3 Å². The quantitative estimate of drug-likeness (QED) is 0.616. The van der Waals surface area contributed by atoms with Crippen molar-refractivity contribution in [2.45, 2.75) is 6.54 Å². The Bertz CT molecular complexity index is 1080. The van der Waals surface area contributed by atoms with Gasteiger partial charge in [0.15, 0.2) is 0 Å². The largest absolute Gasteiger partial charge is 0.497 e. The van der Waals surface area contributed by atoms with Gasteiger partial charge in [0.2, 0.25) is 10.0 Å². The molecule has 7 nitrogen and oxygen atoms in total. The summed E-state index contributed by atoms with van der Waals surface area (Å²) in [5.41, 5.74) is 2.46. The van der Waals surface area contributed by atoms with Crippen LogP contribution in [0.4, 0.5) is 5.69 Å². The van der Waals surface area contributed by atoms with Crippen molar-refractivity contribution >= 4 is 33.0 Å². The molecule has 0 saturated carbocycles. The van der Waals surface area contributed by atoms with Crippen molar-refractivity contribution in [2.24, 2.45) is 0 Å². The summed E-state index contributed by atoms with van der Waals surface area (Å²) in [5.74, 6) is 0.461. The first-order valence-electron chi connectivity index (χ1n) is 8.29. The van der Waals surface area contributed by atoms with E-state index in [0.717, 1.165) is 28.1 Å². The number of amides is 1. The molecule has 0 aliphatic rings. The second kappa shape index (κ2) is 8.41. The van der Waals surface area contributed by atoms with Crippen LogP contribution in [-0.4, -0.2) is 32.7 Å². The van der Waals surface area contributed by atoms with Crippen molar-refractivity contribution in [1.82, 2.24) is 10.3 Å². The molecule has 0 spiro atoms. The van der Waals surface area contributed by atoms with E-state index in [0.29, 0.717) is 11.4 Å². The van der Waals surface area contributed by atoms with E-state index < -0.39 is 10.0 Å². The highest BCUT2D eigenvalue weighted by molar-refractivity contribution is 7.92. The highest BCUT2D eigenvalue weighted by Gasteiger charge is 2.12. The first-order valence-corrected chi connectivity index (χ1v) is 11.1. The highest BCUT2D eigenvalue weighted by Crippen LogP contribution is 2.25. The van der Waals surface area contributed by atoms with Gasteiger partial charge < -0.3 is 10.1 Å². The normalized spacial score (nSPS) is 11.1.